The van der Waals surface area contributed by atoms with Crippen LogP contribution in [0.5, 0.6) is 5.75 Å². The largest absolute Gasteiger partial charge is 0.497 e. The third-order valence-electron chi connectivity index (χ3n) is 6.53. The zero-order valence-electron chi connectivity index (χ0n) is 19.4. The highest BCUT2D eigenvalue weighted by Crippen LogP contribution is 2.30. The van der Waals surface area contributed by atoms with Crippen molar-refractivity contribution in [1.29, 1.82) is 0 Å². The molecule has 0 spiro atoms. The van der Waals surface area contributed by atoms with Gasteiger partial charge < -0.3 is 19.3 Å². The van der Waals surface area contributed by atoms with Crippen LogP contribution in [0.2, 0.25) is 0 Å². The van der Waals surface area contributed by atoms with Gasteiger partial charge in [-0.25, -0.2) is 4.98 Å². The first-order chi connectivity index (χ1) is 16.1. The Hall–Kier alpha value is -2.64. The number of fused-ring (bicyclic) bond motifs is 1. The summed E-state index contributed by atoms with van der Waals surface area (Å²) in [5.74, 6) is 1.87. The predicted molar refractivity (Wildman–Crippen MR) is 133 cm³/mol. The Labute approximate surface area is 199 Å². The predicted octanol–water partition coefficient (Wildman–Crippen LogP) is 5.03. The van der Waals surface area contributed by atoms with Crippen LogP contribution in [-0.2, 0) is 11.3 Å². The van der Waals surface area contributed by atoms with E-state index in [-0.39, 0.29) is 12.0 Å². The molecule has 0 bridgehead atoms. The lowest BCUT2D eigenvalue weighted by Crippen LogP contribution is -2.37. The maximum atomic E-state index is 13.6. The quantitative estimate of drug-likeness (QED) is 0.490. The summed E-state index contributed by atoms with van der Waals surface area (Å²) in [4.78, 5) is 24.9. The van der Waals surface area contributed by atoms with Crippen LogP contribution in [0.4, 0.5) is 5.82 Å². The number of pyridine rings is 1. The van der Waals surface area contributed by atoms with Gasteiger partial charge in [-0.05, 0) is 62.9 Å². The van der Waals surface area contributed by atoms with Gasteiger partial charge in [0.2, 0.25) is 0 Å². The monoisotopic (exact) mass is 465 g/mol. The van der Waals surface area contributed by atoms with E-state index in [0.29, 0.717) is 13.1 Å². The van der Waals surface area contributed by atoms with E-state index in [1.165, 1.54) is 12.8 Å². The summed E-state index contributed by atoms with van der Waals surface area (Å²) >= 11 is 1.56. The molecule has 1 aromatic carbocycles. The zero-order chi connectivity index (χ0) is 22.8. The number of hydrogen-bond acceptors (Lipinski definition) is 6. The van der Waals surface area contributed by atoms with Gasteiger partial charge in [0.15, 0.2) is 0 Å². The van der Waals surface area contributed by atoms with Gasteiger partial charge in [0.05, 0.1) is 23.6 Å². The summed E-state index contributed by atoms with van der Waals surface area (Å²) in [6.45, 7) is 5.95. The number of carbonyl (C=O) groups excluding carboxylic acids is 1. The molecule has 2 fully saturated rings. The topological polar surface area (TPSA) is 54.9 Å². The van der Waals surface area contributed by atoms with Crippen molar-refractivity contribution < 1.29 is 14.3 Å². The first kappa shape index (κ1) is 22.2. The number of nitrogens with zero attached hydrogens (tertiary/aromatic N) is 3. The number of carbonyl (C=O) groups is 1. The average molecular weight is 466 g/mol. The number of hydrogen-bond donors (Lipinski definition) is 0. The molecule has 6 nitrogen and oxygen atoms in total. The minimum Gasteiger partial charge on any atom is -0.497 e. The van der Waals surface area contributed by atoms with Crippen molar-refractivity contribution in [2.75, 3.05) is 38.3 Å². The molecule has 0 saturated carbocycles. The average Bonchev–Trinajstić information content (AvgIpc) is 3.60. The zero-order valence-corrected chi connectivity index (χ0v) is 20.2. The van der Waals surface area contributed by atoms with Crippen LogP contribution in [0.3, 0.4) is 0 Å². The first-order valence-corrected chi connectivity index (χ1v) is 12.6. The van der Waals surface area contributed by atoms with Crippen molar-refractivity contribution in [3.05, 3.63) is 51.7 Å². The number of aromatic nitrogens is 1. The Morgan fingerprint density at radius 3 is 2.76 bits per heavy atom. The molecule has 2 aliphatic heterocycles. The summed E-state index contributed by atoms with van der Waals surface area (Å²) in [7, 11) is 1.68. The third kappa shape index (κ3) is 4.84. The van der Waals surface area contributed by atoms with Gasteiger partial charge in [-0.3, -0.25) is 4.79 Å². The first-order valence-electron chi connectivity index (χ1n) is 11.8. The molecule has 1 atom stereocenters. The molecule has 7 heteroatoms. The minimum atomic E-state index is 0.0748. The van der Waals surface area contributed by atoms with Crippen molar-refractivity contribution in [1.82, 2.24) is 9.88 Å². The highest BCUT2D eigenvalue weighted by molar-refractivity contribution is 7.13. The molecule has 5 rings (SSSR count). The smallest absolute Gasteiger partial charge is 0.264 e. The van der Waals surface area contributed by atoms with E-state index in [0.717, 1.165) is 70.3 Å². The number of thiophene rings is 1. The highest BCUT2D eigenvalue weighted by Gasteiger charge is 2.27. The van der Waals surface area contributed by atoms with Gasteiger partial charge in [-0.15, -0.1) is 11.3 Å². The fraction of sp³-hybridized carbons (Fsp3) is 0.462. The van der Waals surface area contributed by atoms with E-state index in [2.05, 4.69) is 11.0 Å². The Balaban J connectivity index is 1.52. The highest BCUT2D eigenvalue weighted by atomic mass is 32.1. The molecule has 4 heterocycles. The number of anilines is 1. The Bertz CT molecular complexity index is 1130. The van der Waals surface area contributed by atoms with Crippen LogP contribution < -0.4 is 9.64 Å². The summed E-state index contributed by atoms with van der Waals surface area (Å²) in [6, 6.07) is 12.2. The molecule has 174 valence electrons. The molecule has 0 radical (unpaired) electrons. The molecule has 33 heavy (non-hydrogen) atoms. The Morgan fingerprint density at radius 1 is 1.21 bits per heavy atom. The molecular formula is C26H31N3O3S. The molecule has 0 unspecified atom stereocenters. The summed E-state index contributed by atoms with van der Waals surface area (Å²) in [6.07, 6.45) is 4.50. The summed E-state index contributed by atoms with van der Waals surface area (Å²) in [5, 5.41) is 1.06. The number of rotatable bonds is 7. The van der Waals surface area contributed by atoms with E-state index in [9.17, 15) is 4.79 Å². The number of amides is 1. The van der Waals surface area contributed by atoms with Crippen LogP contribution in [0.1, 0.15) is 45.8 Å². The lowest BCUT2D eigenvalue weighted by molar-refractivity contribution is 0.0511. The van der Waals surface area contributed by atoms with Crippen LogP contribution in [-0.4, -0.2) is 55.2 Å². The maximum Gasteiger partial charge on any atom is 0.264 e. The Kier molecular flexibility index (Phi) is 6.51. The molecule has 0 aliphatic carbocycles. The van der Waals surface area contributed by atoms with Crippen LogP contribution >= 0.6 is 11.3 Å². The van der Waals surface area contributed by atoms with Gasteiger partial charge in [0.1, 0.15) is 11.6 Å². The van der Waals surface area contributed by atoms with Crippen molar-refractivity contribution in [2.24, 2.45) is 0 Å². The summed E-state index contributed by atoms with van der Waals surface area (Å²) in [5.41, 5.74) is 2.01. The number of methoxy groups -OCH3 is 1. The van der Waals surface area contributed by atoms with E-state index < -0.39 is 0 Å². The van der Waals surface area contributed by atoms with E-state index >= 15 is 0 Å². The SMILES string of the molecule is COc1ccc2cc(CN(C[C@H]3CCCO3)C(=O)c3ccc(C)s3)c(N3CCCC3)nc2c1. The van der Waals surface area contributed by atoms with Crippen molar-refractivity contribution >= 4 is 34.0 Å². The lowest BCUT2D eigenvalue weighted by Gasteiger charge is -2.28. The van der Waals surface area contributed by atoms with Crippen LogP contribution in [0, 0.1) is 6.92 Å². The number of aryl methyl sites for hydroxylation is 1. The van der Waals surface area contributed by atoms with Crippen LogP contribution in [0.15, 0.2) is 36.4 Å². The van der Waals surface area contributed by atoms with Crippen LogP contribution in [0.25, 0.3) is 10.9 Å². The molecular weight excluding hydrogens is 434 g/mol. The van der Waals surface area contributed by atoms with Crippen molar-refractivity contribution in [3.8, 4) is 5.75 Å². The second-order valence-electron chi connectivity index (χ2n) is 8.95. The number of benzene rings is 1. The summed E-state index contributed by atoms with van der Waals surface area (Å²) < 4.78 is 11.3. The fourth-order valence-electron chi connectivity index (χ4n) is 4.79. The van der Waals surface area contributed by atoms with Gasteiger partial charge >= 0.3 is 0 Å². The second kappa shape index (κ2) is 9.69. The van der Waals surface area contributed by atoms with Gasteiger partial charge in [-0.1, -0.05) is 0 Å². The van der Waals surface area contributed by atoms with Gasteiger partial charge in [-0.2, -0.15) is 0 Å². The van der Waals surface area contributed by atoms with Crippen molar-refractivity contribution in [2.45, 2.75) is 45.3 Å². The standard InChI is InChI=1S/C26H31N3O3S/c1-18-7-10-24(33-18)26(30)29(17-22-6-5-13-32-22)16-20-14-19-8-9-21(31-2)15-23(19)27-25(20)28-11-3-4-12-28/h7-10,14-15,22H,3-6,11-13,16-17H2,1-2H3/t22-/m1/s1. The molecule has 0 N–H and O–H groups in total. The lowest BCUT2D eigenvalue weighted by atomic mass is 10.1. The maximum absolute atomic E-state index is 13.6. The van der Waals surface area contributed by atoms with Gasteiger partial charge in [0, 0.05) is 54.7 Å². The molecule has 2 aliphatic rings. The van der Waals surface area contributed by atoms with E-state index in [1.54, 1.807) is 18.4 Å². The second-order valence-corrected chi connectivity index (χ2v) is 10.2. The molecule has 2 saturated heterocycles. The number of ether oxygens (including phenoxy) is 2. The molecule has 3 aromatic rings. The van der Waals surface area contributed by atoms with Gasteiger partial charge in [0.25, 0.3) is 5.91 Å². The normalized spacial score (nSPS) is 18.2. The fourth-order valence-corrected chi connectivity index (χ4v) is 5.63. The minimum absolute atomic E-state index is 0.0748. The van der Waals surface area contributed by atoms with E-state index in [1.807, 2.05) is 42.2 Å². The van der Waals surface area contributed by atoms with E-state index in [4.69, 9.17) is 14.5 Å². The van der Waals surface area contributed by atoms with Crippen molar-refractivity contribution in [3.63, 3.8) is 0 Å². The third-order valence-corrected chi connectivity index (χ3v) is 7.52. The molecule has 2 aromatic heterocycles. The molecule has 1 amide bonds. The Morgan fingerprint density at radius 2 is 2.06 bits per heavy atom.